The second-order valence-corrected chi connectivity index (χ2v) is 6.37. The monoisotopic (exact) mass is 372 g/mol. The molecule has 2 rings (SSSR count). The van der Waals surface area contributed by atoms with Crippen LogP contribution in [0.1, 0.15) is 42.5 Å². The molecule has 0 bridgehead atoms. The molecular weight excluding hydrogens is 355 g/mol. The second kappa shape index (κ2) is 6.50. The smallest absolute Gasteiger partial charge is 0.306 e. The molecular formula is C15H17IO3. The van der Waals surface area contributed by atoms with Gasteiger partial charge in [0.05, 0.1) is 5.92 Å². The van der Waals surface area contributed by atoms with E-state index >= 15 is 0 Å². The van der Waals surface area contributed by atoms with Crippen LogP contribution in [0.5, 0.6) is 0 Å². The highest BCUT2D eigenvalue weighted by atomic mass is 127. The molecule has 2 atom stereocenters. The van der Waals surface area contributed by atoms with Crippen molar-refractivity contribution in [3.05, 3.63) is 33.4 Å². The fraction of sp³-hybridized carbons (Fsp3) is 0.467. The lowest BCUT2D eigenvalue weighted by Gasteiger charge is -2.27. The number of benzene rings is 1. The summed E-state index contributed by atoms with van der Waals surface area (Å²) in [5, 5.41) is 9.22. The fourth-order valence-electron chi connectivity index (χ4n) is 2.77. The van der Waals surface area contributed by atoms with Crippen LogP contribution < -0.4 is 0 Å². The molecule has 1 N–H and O–H groups in total. The number of halogens is 1. The Morgan fingerprint density at radius 1 is 1.16 bits per heavy atom. The number of carbonyl (C=O) groups is 2. The number of aliphatic carboxylic acids is 1. The Hall–Kier alpha value is -0.910. The number of carboxylic acid groups (broad SMARTS) is 1. The van der Waals surface area contributed by atoms with Crippen LogP contribution in [0, 0.1) is 15.4 Å². The third-order valence-corrected chi connectivity index (χ3v) is 4.56. The first-order valence-corrected chi connectivity index (χ1v) is 7.67. The molecule has 19 heavy (non-hydrogen) atoms. The normalized spacial score (nSPS) is 23.0. The van der Waals surface area contributed by atoms with E-state index < -0.39 is 5.97 Å². The minimum absolute atomic E-state index is 0.00183. The summed E-state index contributed by atoms with van der Waals surface area (Å²) in [6.45, 7) is 0. The Morgan fingerprint density at radius 2 is 1.79 bits per heavy atom. The fourth-order valence-corrected chi connectivity index (χ4v) is 3.13. The molecule has 0 radical (unpaired) electrons. The van der Waals surface area contributed by atoms with Crippen molar-refractivity contribution >= 4 is 34.3 Å². The molecule has 0 aromatic heterocycles. The van der Waals surface area contributed by atoms with E-state index in [4.69, 9.17) is 0 Å². The highest BCUT2D eigenvalue weighted by molar-refractivity contribution is 14.1. The first-order chi connectivity index (χ1) is 9.08. The Bertz CT molecular complexity index is 467. The third kappa shape index (κ3) is 3.78. The van der Waals surface area contributed by atoms with E-state index in [2.05, 4.69) is 22.6 Å². The molecule has 1 aliphatic carbocycles. The number of ketones is 1. The van der Waals surface area contributed by atoms with Crippen molar-refractivity contribution in [2.45, 2.75) is 32.1 Å². The summed E-state index contributed by atoms with van der Waals surface area (Å²) in [7, 11) is 0. The van der Waals surface area contributed by atoms with Gasteiger partial charge < -0.3 is 5.11 Å². The van der Waals surface area contributed by atoms with Gasteiger partial charge in [0.1, 0.15) is 0 Å². The van der Waals surface area contributed by atoms with Gasteiger partial charge in [0.25, 0.3) is 0 Å². The van der Waals surface area contributed by atoms with Gasteiger partial charge in [-0.3, -0.25) is 9.59 Å². The van der Waals surface area contributed by atoms with Crippen LogP contribution >= 0.6 is 22.6 Å². The van der Waals surface area contributed by atoms with E-state index in [1.165, 1.54) is 0 Å². The van der Waals surface area contributed by atoms with Gasteiger partial charge in [0.15, 0.2) is 5.78 Å². The molecule has 4 heteroatoms. The van der Waals surface area contributed by atoms with E-state index in [9.17, 15) is 14.7 Å². The highest BCUT2D eigenvalue weighted by Crippen LogP contribution is 2.33. The van der Waals surface area contributed by atoms with Crippen molar-refractivity contribution < 1.29 is 14.7 Å². The van der Waals surface area contributed by atoms with Gasteiger partial charge in [0, 0.05) is 15.6 Å². The van der Waals surface area contributed by atoms with Crippen molar-refractivity contribution in [1.29, 1.82) is 0 Å². The molecule has 0 saturated heterocycles. The predicted octanol–water partition coefficient (Wildman–Crippen LogP) is 3.76. The average Bonchev–Trinajstić information content (AvgIpc) is 2.39. The average molecular weight is 372 g/mol. The van der Waals surface area contributed by atoms with E-state index in [1.54, 1.807) is 0 Å². The minimum atomic E-state index is -0.750. The van der Waals surface area contributed by atoms with Crippen molar-refractivity contribution in [3.63, 3.8) is 0 Å². The van der Waals surface area contributed by atoms with E-state index in [0.29, 0.717) is 18.4 Å². The molecule has 3 nitrogen and oxygen atoms in total. The summed E-state index contributed by atoms with van der Waals surface area (Å²) in [6, 6.07) is 7.46. The number of carboxylic acids is 1. The van der Waals surface area contributed by atoms with Gasteiger partial charge >= 0.3 is 5.97 Å². The molecule has 0 aliphatic heterocycles. The predicted molar refractivity (Wildman–Crippen MR) is 81.2 cm³/mol. The molecule has 1 saturated carbocycles. The molecule has 0 heterocycles. The van der Waals surface area contributed by atoms with Crippen LogP contribution in [-0.4, -0.2) is 16.9 Å². The molecule has 1 aromatic rings. The lowest BCUT2D eigenvalue weighted by atomic mass is 9.76. The summed E-state index contributed by atoms with van der Waals surface area (Å²) in [4.78, 5) is 23.4. The zero-order chi connectivity index (χ0) is 13.8. The minimum Gasteiger partial charge on any atom is -0.481 e. The lowest BCUT2D eigenvalue weighted by molar-refractivity contribution is -0.144. The first-order valence-electron chi connectivity index (χ1n) is 6.59. The van der Waals surface area contributed by atoms with E-state index in [1.807, 2.05) is 24.3 Å². The molecule has 0 amide bonds. The summed E-state index contributed by atoms with van der Waals surface area (Å²) < 4.78 is 1.09. The summed E-state index contributed by atoms with van der Waals surface area (Å²) in [5.74, 6) is -1.03. The van der Waals surface area contributed by atoms with Crippen LogP contribution in [0.15, 0.2) is 24.3 Å². The first kappa shape index (κ1) is 14.5. The number of carbonyl (C=O) groups excluding carboxylic acids is 1. The van der Waals surface area contributed by atoms with Crippen molar-refractivity contribution in [1.82, 2.24) is 0 Å². The van der Waals surface area contributed by atoms with Gasteiger partial charge in [-0.2, -0.15) is 0 Å². The van der Waals surface area contributed by atoms with Crippen molar-refractivity contribution in [3.8, 4) is 0 Å². The Morgan fingerprint density at radius 3 is 2.42 bits per heavy atom. The Balaban J connectivity index is 2.04. The van der Waals surface area contributed by atoms with Crippen LogP contribution in [-0.2, 0) is 4.79 Å². The molecule has 0 spiro atoms. The van der Waals surface area contributed by atoms with Gasteiger partial charge in [0.2, 0.25) is 0 Å². The van der Waals surface area contributed by atoms with E-state index in [0.717, 1.165) is 22.8 Å². The topological polar surface area (TPSA) is 54.4 Å². The zero-order valence-corrected chi connectivity index (χ0v) is 12.8. The van der Waals surface area contributed by atoms with Crippen molar-refractivity contribution in [2.75, 3.05) is 0 Å². The molecule has 1 fully saturated rings. The van der Waals surface area contributed by atoms with Crippen LogP contribution in [0.25, 0.3) is 0 Å². The number of hydrogen-bond acceptors (Lipinski definition) is 2. The standard InChI is InChI=1S/C15H17IO3/c16-12-7-5-10(6-8-12)14(17)9-11-3-1-2-4-13(11)15(18)19/h5-8,11,13H,1-4,9H2,(H,18,19). The number of rotatable bonds is 4. The lowest BCUT2D eigenvalue weighted by Crippen LogP contribution is -2.28. The van der Waals surface area contributed by atoms with Crippen LogP contribution in [0.2, 0.25) is 0 Å². The maximum absolute atomic E-state index is 12.2. The van der Waals surface area contributed by atoms with Crippen LogP contribution in [0.3, 0.4) is 0 Å². The van der Waals surface area contributed by atoms with Crippen molar-refractivity contribution in [2.24, 2.45) is 11.8 Å². The van der Waals surface area contributed by atoms with Gasteiger partial charge in [-0.15, -0.1) is 0 Å². The number of Topliss-reactive ketones (excluding diaryl/α,β-unsaturated/α-hetero) is 1. The molecule has 1 aliphatic rings. The molecule has 102 valence electrons. The maximum atomic E-state index is 12.2. The summed E-state index contributed by atoms with van der Waals surface area (Å²) in [5.41, 5.74) is 0.690. The summed E-state index contributed by atoms with van der Waals surface area (Å²) in [6.07, 6.45) is 3.92. The second-order valence-electron chi connectivity index (χ2n) is 5.12. The number of hydrogen-bond donors (Lipinski definition) is 1. The highest BCUT2D eigenvalue weighted by Gasteiger charge is 2.32. The molecule has 1 aromatic carbocycles. The summed E-state index contributed by atoms with van der Waals surface area (Å²) >= 11 is 2.20. The van der Waals surface area contributed by atoms with Gasteiger partial charge in [-0.1, -0.05) is 25.0 Å². The van der Waals surface area contributed by atoms with Gasteiger partial charge in [-0.05, 0) is 53.5 Å². The van der Waals surface area contributed by atoms with Crippen LogP contribution in [0.4, 0.5) is 0 Å². The Labute approximate surface area is 126 Å². The van der Waals surface area contributed by atoms with Gasteiger partial charge in [-0.25, -0.2) is 0 Å². The maximum Gasteiger partial charge on any atom is 0.306 e. The quantitative estimate of drug-likeness (QED) is 0.647. The largest absolute Gasteiger partial charge is 0.481 e. The SMILES string of the molecule is O=C(CC1CCCCC1C(=O)O)c1ccc(I)cc1. The van der Waals surface area contributed by atoms with E-state index in [-0.39, 0.29) is 17.6 Å². The third-order valence-electron chi connectivity index (χ3n) is 3.84. The zero-order valence-electron chi connectivity index (χ0n) is 10.6. The Kier molecular flexibility index (Phi) is 4.96. The molecule has 2 unspecified atom stereocenters.